The molecule has 0 bridgehead atoms. The second-order valence-electron chi connectivity index (χ2n) is 3.90. The number of rotatable bonds is 3. The van der Waals surface area contributed by atoms with Crippen molar-refractivity contribution in [2.24, 2.45) is 0 Å². The number of nitrogens with one attached hydrogen (secondary N) is 1. The monoisotopic (exact) mass is 398 g/mol. The predicted molar refractivity (Wildman–Crippen MR) is 85.3 cm³/mol. The Morgan fingerprint density at radius 1 is 1.16 bits per heavy atom. The van der Waals surface area contributed by atoms with E-state index in [0.29, 0.717) is 17.1 Å². The molecule has 2 aromatic carbocycles. The molecule has 0 unspecified atom stereocenters. The minimum atomic E-state index is 0.622. The van der Waals surface area contributed by atoms with Gasteiger partial charge in [-0.15, -0.1) is 0 Å². The van der Waals surface area contributed by atoms with Gasteiger partial charge in [0.05, 0.1) is 16.3 Å². The highest BCUT2D eigenvalue weighted by atomic mass is 79.9. The van der Waals surface area contributed by atoms with Crippen molar-refractivity contribution in [3.05, 3.63) is 61.5 Å². The third-order valence-electron chi connectivity index (χ3n) is 2.57. The Morgan fingerprint density at radius 3 is 2.63 bits per heavy atom. The summed E-state index contributed by atoms with van der Waals surface area (Å²) in [7, 11) is 0. The molecule has 0 atom stereocenters. The normalized spacial score (nSPS) is 10.0. The van der Waals surface area contributed by atoms with Gasteiger partial charge in [-0.25, -0.2) is 0 Å². The van der Waals surface area contributed by atoms with Crippen LogP contribution < -0.4 is 5.32 Å². The molecule has 2 nitrogen and oxygen atoms in total. The van der Waals surface area contributed by atoms with Gasteiger partial charge in [-0.1, -0.05) is 33.6 Å². The Labute approximate surface area is 133 Å². The average Bonchev–Trinajstić information content (AvgIpc) is 2.40. The van der Waals surface area contributed by atoms with Crippen LogP contribution in [0.15, 0.2) is 45.3 Å². The number of hydrogen-bond donors (Lipinski definition) is 1. The van der Waals surface area contributed by atoms with Crippen LogP contribution in [0.3, 0.4) is 0 Å². The van der Waals surface area contributed by atoms with Crippen molar-refractivity contribution in [1.29, 1.82) is 5.26 Å². The molecule has 0 aliphatic rings. The smallest absolute Gasteiger partial charge is 0.101 e. The van der Waals surface area contributed by atoms with Gasteiger partial charge >= 0.3 is 0 Å². The SMILES string of the molecule is N#Cc1ccc(Br)cc1NCc1ccc(Cl)c(Br)c1. The molecule has 19 heavy (non-hydrogen) atoms. The van der Waals surface area contributed by atoms with E-state index in [0.717, 1.165) is 20.2 Å². The van der Waals surface area contributed by atoms with Gasteiger partial charge in [-0.05, 0) is 51.8 Å². The Bertz CT molecular complexity index is 650. The lowest BCUT2D eigenvalue weighted by Crippen LogP contribution is -2.01. The highest BCUT2D eigenvalue weighted by Gasteiger charge is 2.04. The summed E-state index contributed by atoms with van der Waals surface area (Å²) in [5.74, 6) is 0. The van der Waals surface area contributed by atoms with Gasteiger partial charge < -0.3 is 5.32 Å². The number of anilines is 1. The van der Waals surface area contributed by atoms with Crippen molar-refractivity contribution in [3.63, 3.8) is 0 Å². The summed E-state index contributed by atoms with van der Waals surface area (Å²) < 4.78 is 1.80. The van der Waals surface area contributed by atoms with Gasteiger partial charge in [-0.2, -0.15) is 5.26 Å². The van der Waals surface area contributed by atoms with E-state index in [1.807, 2.05) is 30.3 Å². The first-order chi connectivity index (χ1) is 9.10. The van der Waals surface area contributed by atoms with E-state index in [-0.39, 0.29) is 0 Å². The Balaban J connectivity index is 2.16. The minimum Gasteiger partial charge on any atom is -0.380 e. The molecule has 0 aromatic heterocycles. The largest absolute Gasteiger partial charge is 0.380 e. The molecule has 2 rings (SSSR count). The van der Waals surface area contributed by atoms with Gasteiger partial charge in [0.25, 0.3) is 0 Å². The van der Waals surface area contributed by atoms with Crippen molar-refractivity contribution in [2.45, 2.75) is 6.54 Å². The minimum absolute atomic E-state index is 0.622. The number of halogens is 3. The lowest BCUT2D eigenvalue weighted by molar-refractivity contribution is 1.14. The first kappa shape index (κ1) is 14.4. The molecule has 0 heterocycles. The molecule has 0 saturated heterocycles. The van der Waals surface area contributed by atoms with Crippen molar-refractivity contribution < 1.29 is 0 Å². The fraction of sp³-hybridized carbons (Fsp3) is 0.0714. The molecule has 0 aliphatic carbocycles. The quantitative estimate of drug-likeness (QED) is 0.754. The maximum absolute atomic E-state index is 9.06. The fourth-order valence-electron chi connectivity index (χ4n) is 1.61. The maximum Gasteiger partial charge on any atom is 0.101 e. The predicted octanol–water partition coefficient (Wildman–Crippen LogP) is 5.35. The number of nitriles is 1. The standard InChI is InChI=1S/C14H9Br2ClN2/c15-11-3-2-10(7-18)14(6-11)19-8-9-1-4-13(17)12(16)5-9/h1-6,19H,8H2. The van der Waals surface area contributed by atoms with E-state index in [4.69, 9.17) is 16.9 Å². The van der Waals surface area contributed by atoms with Crippen LogP contribution in [0.2, 0.25) is 5.02 Å². The first-order valence-electron chi connectivity index (χ1n) is 5.47. The van der Waals surface area contributed by atoms with Crippen molar-refractivity contribution in [2.75, 3.05) is 5.32 Å². The molecule has 0 amide bonds. The molecule has 96 valence electrons. The third-order valence-corrected chi connectivity index (χ3v) is 4.28. The van der Waals surface area contributed by atoms with Crippen LogP contribution in [0.4, 0.5) is 5.69 Å². The Morgan fingerprint density at radius 2 is 1.95 bits per heavy atom. The molecule has 0 radical (unpaired) electrons. The first-order valence-corrected chi connectivity index (χ1v) is 7.44. The summed E-state index contributed by atoms with van der Waals surface area (Å²) in [6, 6.07) is 13.4. The Kier molecular flexibility index (Phi) is 4.87. The van der Waals surface area contributed by atoms with Gasteiger partial charge in [0.1, 0.15) is 6.07 Å². The van der Waals surface area contributed by atoms with Gasteiger partial charge in [0.2, 0.25) is 0 Å². The van der Waals surface area contributed by atoms with Gasteiger partial charge in [-0.3, -0.25) is 0 Å². The maximum atomic E-state index is 9.06. The number of nitrogens with zero attached hydrogens (tertiary/aromatic N) is 1. The summed E-state index contributed by atoms with van der Waals surface area (Å²) in [5, 5.41) is 13.0. The van der Waals surface area contributed by atoms with Crippen molar-refractivity contribution in [3.8, 4) is 6.07 Å². The lowest BCUT2D eigenvalue weighted by atomic mass is 10.1. The second-order valence-corrected chi connectivity index (χ2v) is 6.08. The molecular formula is C14H9Br2ClN2. The second kappa shape index (κ2) is 6.42. The molecule has 1 N–H and O–H groups in total. The van der Waals surface area contributed by atoms with E-state index >= 15 is 0 Å². The molecule has 0 spiro atoms. The van der Waals surface area contributed by atoms with Crippen LogP contribution in [0.5, 0.6) is 0 Å². The van der Waals surface area contributed by atoms with Crippen LogP contribution in [-0.2, 0) is 6.54 Å². The molecule has 0 saturated carbocycles. The fourth-order valence-corrected chi connectivity index (χ4v) is 2.51. The van der Waals surface area contributed by atoms with Gasteiger partial charge in [0.15, 0.2) is 0 Å². The van der Waals surface area contributed by atoms with Crippen LogP contribution in [0, 0.1) is 11.3 Å². The Hall–Kier alpha value is -1.02. The van der Waals surface area contributed by atoms with E-state index < -0.39 is 0 Å². The van der Waals surface area contributed by atoms with Crippen molar-refractivity contribution >= 4 is 49.1 Å². The summed E-state index contributed by atoms with van der Waals surface area (Å²) in [5.41, 5.74) is 2.51. The van der Waals surface area contributed by atoms with Crippen LogP contribution in [-0.4, -0.2) is 0 Å². The van der Waals surface area contributed by atoms with E-state index in [1.54, 1.807) is 6.07 Å². The summed E-state index contributed by atoms with van der Waals surface area (Å²) in [4.78, 5) is 0. The molecule has 0 aliphatic heterocycles. The number of hydrogen-bond acceptors (Lipinski definition) is 2. The summed E-state index contributed by atoms with van der Waals surface area (Å²) in [6.07, 6.45) is 0. The highest BCUT2D eigenvalue weighted by molar-refractivity contribution is 9.10. The zero-order valence-corrected chi connectivity index (χ0v) is 13.7. The summed E-state index contributed by atoms with van der Waals surface area (Å²) >= 11 is 12.7. The van der Waals surface area contributed by atoms with E-state index in [1.165, 1.54) is 0 Å². The lowest BCUT2D eigenvalue weighted by Gasteiger charge is -2.09. The topological polar surface area (TPSA) is 35.8 Å². The van der Waals surface area contributed by atoms with Crippen LogP contribution in [0.1, 0.15) is 11.1 Å². The van der Waals surface area contributed by atoms with E-state index in [2.05, 4.69) is 43.2 Å². The van der Waals surface area contributed by atoms with E-state index in [9.17, 15) is 0 Å². The van der Waals surface area contributed by atoms with Crippen LogP contribution in [0.25, 0.3) is 0 Å². The molecule has 0 fully saturated rings. The number of benzene rings is 2. The summed E-state index contributed by atoms with van der Waals surface area (Å²) in [6.45, 7) is 0.626. The third kappa shape index (κ3) is 3.73. The molecule has 2 aromatic rings. The molecular weight excluding hydrogens is 391 g/mol. The van der Waals surface area contributed by atoms with Gasteiger partial charge in [0, 0.05) is 15.5 Å². The van der Waals surface area contributed by atoms with Crippen molar-refractivity contribution in [1.82, 2.24) is 0 Å². The molecule has 5 heteroatoms. The zero-order chi connectivity index (χ0) is 13.8. The van der Waals surface area contributed by atoms with Crippen LogP contribution >= 0.6 is 43.5 Å². The zero-order valence-electron chi connectivity index (χ0n) is 9.75. The highest BCUT2D eigenvalue weighted by Crippen LogP contribution is 2.25. The average molecular weight is 401 g/mol.